The molecule has 40 heteroatoms. The van der Waals surface area contributed by atoms with Gasteiger partial charge in [0, 0.05) is 19.4 Å². The number of carboxylic acid groups (broad SMARTS) is 1. The highest BCUT2D eigenvalue weighted by molar-refractivity contribution is 5.85. The quantitative estimate of drug-likeness (QED) is 0.0442. The third-order valence-corrected chi connectivity index (χ3v) is 25.1. The number of hydrogen-bond donors (Lipinski definition) is 1. The average molecular weight is 1950 g/mol. The maximum atomic E-state index is 12.7. The number of esters is 9. The average Bonchev–Trinajstić information content (AvgIpc) is 1.54. The Morgan fingerprint density at radius 1 is 0.507 bits per heavy atom. The van der Waals surface area contributed by atoms with E-state index < -0.39 is 211 Å². The molecule has 15 atom stereocenters. The molecule has 774 valence electrons. The number of rotatable bonds is 29. The van der Waals surface area contributed by atoms with E-state index in [4.69, 9.17) is 71.4 Å². The SMILES string of the molecule is CCC(C)(C)C(=O)O.CCC(C)(C)C(=O)OC(C)(C)C.CCC(C)(C)C(=O)OC1C(=O)OC2C3OC(C)(CCCC(=O)OC(C(F)(F)F)C(F)(F)F)OC3OC12.CCC(C)(C)C(=O)OC1C(=O)OC2C3OC4(COC(=O)C4CCOC(C)C(F)(F)F)OC3OC12.CCC(C)(C)C(=O)OC1CCC(C)CC1.CCC(C)(C)C(=O)OCC(F)(F)C(F)F.CCC(C)c1ccc(C(C)(C)C)cc1. The zero-order chi connectivity index (χ0) is 104. The van der Waals surface area contributed by atoms with Crippen molar-refractivity contribution >= 4 is 59.7 Å². The van der Waals surface area contributed by atoms with Gasteiger partial charge in [-0.3, -0.25) is 38.4 Å². The summed E-state index contributed by atoms with van der Waals surface area (Å²) in [5, 5.41) is 8.44. The van der Waals surface area contributed by atoms with Gasteiger partial charge in [-0.15, -0.1) is 0 Å². The topological polar surface area (TPSA) is 339 Å². The molecule has 1 aliphatic carbocycles. The lowest BCUT2D eigenvalue weighted by Crippen LogP contribution is -2.45. The number of carboxylic acids is 1. The molecule has 0 aromatic heterocycles. The van der Waals surface area contributed by atoms with Crippen LogP contribution in [0.25, 0.3) is 0 Å². The fourth-order valence-corrected chi connectivity index (χ4v) is 12.6. The molecule has 8 fully saturated rings. The van der Waals surface area contributed by atoms with Gasteiger partial charge in [0.25, 0.3) is 6.10 Å². The Morgan fingerprint density at radius 3 is 1.31 bits per heavy atom. The van der Waals surface area contributed by atoms with E-state index >= 15 is 0 Å². The van der Waals surface area contributed by atoms with Crippen molar-refractivity contribution in [1.82, 2.24) is 0 Å². The molecule has 15 unspecified atom stereocenters. The summed E-state index contributed by atoms with van der Waals surface area (Å²) < 4.78 is 246. The summed E-state index contributed by atoms with van der Waals surface area (Å²) in [4.78, 5) is 118. The molecule has 1 aromatic carbocycles. The number of carbonyl (C=O) groups excluding carboxylic acids is 9. The fraction of sp³-hybridized carbons (Fsp3) is 0.830. The Hall–Kier alpha value is -7.27. The van der Waals surface area contributed by atoms with Gasteiger partial charge in [-0.25, -0.2) is 18.4 Å². The van der Waals surface area contributed by atoms with Crippen LogP contribution in [0.5, 0.6) is 0 Å². The fourth-order valence-electron chi connectivity index (χ4n) is 12.6. The van der Waals surface area contributed by atoms with Gasteiger partial charge < -0.3 is 80.9 Å². The van der Waals surface area contributed by atoms with Gasteiger partial charge in [-0.2, -0.15) is 48.3 Å². The van der Waals surface area contributed by atoms with E-state index in [0.717, 1.165) is 38.5 Å². The molecule has 0 amide bonds. The van der Waals surface area contributed by atoms with Crippen LogP contribution in [-0.4, -0.2) is 212 Å². The molecule has 9 rings (SSSR count). The lowest BCUT2D eigenvalue weighted by molar-refractivity contribution is -0.313. The molecule has 1 saturated carbocycles. The third kappa shape index (κ3) is 34.7. The summed E-state index contributed by atoms with van der Waals surface area (Å²) in [6, 6.07) is 9.08. The molecule has 0 bridgehead atoms. The van der Waals surface area contributed by atoms with E-state index in [9.17, 15) is 105 Å². The Balaban J connectivity index is 0.000000430. The lowest BCUT2D eigenvalue weighted by atomic mass is 9.85. The highest BCUT2D eigenvalue weighted by atomic mass is 19.4. The summed E-state index contributed by atoms with van der Waals surface area (Å²) in [5.74, 6) is -13.9. The number of ether oxygens (including phenoxy) is 16. The number of fused-ring (bicyclic) bond motifs is 6. The first-order valence-electron chi connectivity index (χ1n) is 45.5. The van der Waals surface area contributed by atoms with Crippen molar-refractivity contribution in [3.05, 3.63) is 35.4 Å². The minimum Gasteiger partial charge on any atom is -0.481 e. The number of alkyl halides is 13. The number of benzene rings is 1. The lowest BCUT2D eigenvalue weighted by Gasteiger charge is -2.29. The second kappa shape index (κ2) is 48.1. The summed E-state index contributed by atoms with van der Waals surface area (Å²) in [6.07, 6.45) is -28.5. The molecule has 1 aromatic rings. The van der Waals surface area contributed by atoms with Crippen molar-refractivity contribution in [2.45, 2.75) is 436 Å². The number of halogens is 13. The zero-order valence-electron chi connectivity index (χ0n) is 82.8. The van der Waals surface area contributed by atoms with Crippen molar-refractivity contribution in [1.29, 1.82) is 0 Å². The van der Waals surface area contributed by atoms with Crippen LogP contribution in [0.4, 0.5) is 57.1 Å². The van der Waals surface area contributed by atoms with Crippen LogP contribution >= 0.6 is 0 Å². The van der Waals surface area contributed by atoms with E-state index in [1.165, 1.54) is 51.2 Å². The first kappa shape index (κ1) is 121. The van der Waals surface area contributed by atoms with Crippen LogP contribution in [0.1, 0.15) is 314 Å². The predicted molar refractivity (Wildman–Crippen MR) is 457 cm³/mol. The molecular weight excluding hydrogens is 1810 g/mol. The van der Waals surface area contributed by atoms with Crippen molar-refractivity contribution in [3.8, 4) is 0 Å². The first-order valence-corrected chi connectivity index (χ1v) is 45.5. The van der Waals surface area contributed by atoms with Gasteiger partial charge in [0.2, 0.25) is 18.0 Å². The first-order chi connectivity index (χ1) is 60.9. The van der Waals surface area contributed by atoms with Gasteiger partial charge >= 0.3 is 90.6 Å². The van der Waals surface area contributed by atoms with Crippen molar-refractivity contribution in [2.75, 3.05) is 19.8 Å². The van der Waals surface area contributed by atoms with Crippen molar-refractivity contribution < 1.29 is 186 Å². The van der Waals surface area contributed by atoms with Crippen molar-refractivity contribution in [2.24, 2.45) is 44.3 Å². The highest BCUT2D eigenvalue weighted by Gasteiger charge is 2.71. The number of cyclic esters (lactones) is 1. The minimum absolute atomic E-state index is 0.0236. The molecule has 27 nitrogen and oxygen atoms in total. The van der Waals surface area contributed by atoms with E-state index in [2.05, 4.69) is 75.3 Å². The van der Waals surface area contributed by atoms with Gasteiger partial charge in [0.1, 0.15) is 36.4 Å². The molecule has 7 heterocycles. The summed E-state index contributed by atoms with van der Waals surface area (Å²) >= 11 is 0. The molecule has 1 spiro atoms. The maximum Gasteiger partial charge on any atom is 0.434 e. The van der Waals surface area contributed by atoms with Crippen LogP contribution < -0.4 is 0 Å². The number of carbonyl (C=O) groups is 10. The van der Waals surface area contributed by atoms with Crippen LogP contribution in [0.3, 0.4) is 0 Å². The Kier molecular flexibility index (Phi) is 43.4. The normalized spacial score (nSPS) is 26.1. The largest absolute Gasteiger partial charge is 0.481 e. The summed E-state index contributed by atoms with van der Waals surface area (Å²) in [7, 11) is 0. The van der Waals surface area contributed by atoms with E-state index in [0.29, 0.717) is 31.6 Å². The van der Waals surface area contributed by atoms with E-state index in [1.54, 1.807) is 55.4 Å². The monoisotopic (exact) mass is 1950 g/mol. The van der Waals surface area contributed by atoms with Crippen LogP contribution in [0, 0.1) is 44.3 Å². The van der Waals surface area contributed by atoms with Crippen LogP contribution in [-0.2, 0) is 129 Å². The van der Waals surface area contributed by atoms with Crippen molar-refractivity contribution in [3.63, 3.8) is 0 Å². The highest BCUT2D eigenvalue weighted by Crippen LogP contribution is 2.51. The third-order valence-electron chi connectivity index (χ3n) is 25.1. The second-order valence-electron chi connectivity index (χ2n) is 40.9. The Labute approximate surface area is 778 Å². The molecule has 8 aliphatic rings. The molecule has 134 heavy (non-hydrogen) atoms. The smallest absolute Gasteiger partial charge is 0.434 e. The van der Waals surface area contributed by atoms with Gasteiger partial charge in [0.15, 0.2) is 55.5 Å². The molecule has 0 radical (unpaired) electrons. The summed E-state index contributed by atoms with van der Waals surface area (Å²) in [6.45, 7) is 51.2. The minimum atomic E-state index is -5.81. The Morgan fingerprint density at radius 2 is 0.925 bits per heavy atom. The predicted octanol–water partition coefficient (Wildman–Crippen LogP) is 20.1. The molecule has 7 aliphatic heterocycles. The zero-order valence-corrected chi connectivity index (χ0v) is 82.8. The summed E-state index contributed by atoms with van der Waals surface area (Å²) in [5.41, 5.74) is -1.03. The molecule has 7 saturated heterocycles. The van der Waals surface area contributed by atoms with E-state index in [1.807, 2.05) is 76.2 Å². The molecular formula is C94H145F13O27. The molecule has 1 N–H and O–H groups in total. The number of aliphatic carboxylic acids is 1. The van der Waals surface area contributed by atoms with Gasteiger partial charge in [0.05, 0.1) is 32.5 Å². The maximum absolute atomic E-state index is 12.7. The van der Waals surface area contributed by atoms with Crippen LogP contribution in [0.2, 0.25) is 0 Å². The van der Waals surface area contributed by atoms with Gasteiger partial charge in [-0.05, 0) is 230 Å². The van der Waals surface area contributed by atoms with E-state index in [-0.39, 0.29) is 65.8 Å². The second-order valence-corrected chi connectivity index (χ2v) is 40.9. The van der Waals surface area contributed by atoms with Crippen LogP contribution in [0.15, 0.2) is 24.3 Å². The standard InChI is InChI=1S/C21H26F6O9.C21H27F3O10.C14H22.C13H24O2.C10H20O2.C9H14F4O2.C6H12O2/c1-5-18(2,3)17(30)34-12-10-11(32-14(12)29)13-15(33-10)36-19(4,35-13)8-6-7-9(28)31-16(20(22,23)24)21(25,26)27;1-5-19(3,4)18(27)32-13-11-12(30-16(13)26)14-17(31-11)34-20(33-14)8-29-15(25)10(20)6-7-28-9(2)21(22,23)24;1-6-11(2)12-7-9-13(10-8-12)14(3,4)5;1-5-13(3,4)12(14)15-11-8-6-10(2)7-9-11;1-7-10(5,6)8(11)12-9(2,3)4;1-4-8(2,3)7(14)15-5-9(12,13)6(10)11;1-4-6(2,3)5(7)8/h10-13,15-16H,5-8H2,1-4H3;9-14,17H,5-8H2,1-4H3;7-11H,6H2,1-5H3;10-11H,5-9H2,1-4H3;7H2,1-6H3;6H,4-5H2,1-3H3;4H2,1-3H3,(H,7,8). The van der Waals surface area contributed by atoms with Gasteiger partial charge in [-0.1, -0.05) is 107 Å². The number of hydrogen-bond acceptors (Lipinski definition) is 26. The Bertz CT molecular complexity index is 3980.